The number of rotatable bonds is 3. The third-order valence-corrected chi connectivity index (χ3v) is 2.76. The fraction of sp³-hybridized carbons (Fsp3) is 0.214. The average molecular weight is 238 g/mol. The first-order valence-corrected chi connectivity index (χ1v) is 5.81. The van der Waals surface area contributed by atoms with E-state index in [-0.39, 0.29) is 0 Å². The van der Waals surface area contributed by atoms with E-state index in [9.17, 15) is 0 Å². The predicted octanol–water partition coefficient (Wildman–Crippen LogP) is 2.96. The molecule has 2 aromatic rings. The molecule has 1 aromatic carbocycles. The summed E-state index contributed by atoms with van der Waals surface area (Å²) < 4.78 is 0. The molecule has 0 amide bonds. The normalized spacial score (nSPS) is 9.83. The monoisotopic (exact) mass is 238 g/mol. The smallest absolute Gasteiger partial charge is 0.158 e. The summed E-state index contributed by atoms with van der Waals surface area (Å²) in [6, 6.07) is 8.15. The van der Waals surface area contributed by atoms with Gasteiger partial charge in [0.2, 0.25) is 0 Å². The average Bonchev–Trinajstić information content (AvgIpc) is 2.40. The van der Waals surface area contributed by atoms with E-state index in [4.69, 9.17) is 5.26 Å². The number of aryl methyl sites for hydroxylation is 2. The van der Waals surface area contributed by atoms with Gasteiger partial charge in [0.15, 0.2) is 5.69 Å². The van der Waals surface area contributed by atoms with Gasteiger partial charge in [-0.2, -0.15) is 5.26 Å². The summed E-state index contributed by atoms with van der Waals surface area (Å²) in [6.07, 6.45) is 4.04. The summed E-state index contributed by atoms with van der Waals surface area (Å²) in [4.78, 5) is 8.08. The van der Waals surface area contributed by atoms with Gasteiger partial charge in [0.05, 0.1) is 12.4 Å². The van der Waals surface area contributed by atoms with Crippen LogP contribution in [-0.4, -0.2) is 9.97 Å². The summed E-state index contributed by atoms with van der Waals surface area (Å²) >= 11 is 0. The van der Waals surface area contributed by atoms with Gasteiger partial charge < -0.3 is 5.32 Å². The maximum atomic E-state index is 8.64. The molecule has 1 aromatic heterocycles. The molecular weight excluding hydrogens is 224 g/mol. The van der Waals surface area contributed by atoms with E-state index in [1.54, 1.807) is 6.20 Å². The van der Waals surface area contributed by atoms with Crippen molar-refractivity contribution in [2.75, 3.05) is 5.32 Å². The highest BCUT2D eigenvalue weighted by molar-refractivity contribution is 5.57. The van der Waals surface area contributed by atoms with E-state index in [1.807, 2.05) is 12.1 Å². The first kappa shape index (κ1) is 12.1. The second kappa shape index (κ2) is 5.28. The summed E-state index contributed by atoms with van der Waals surface area (Å²) in [7, 11) is 0. The van der Waals surface area contributed by atoms with E-state index in [0.717, 1.165) is 12.1 Å². The largest absolute Gasteiger partial charge is 0.339 e. The number of nitriles is 1. The molecule has 18 heavy (non-hydrogen) atoms. The van der Waals surface area contributed by atoms with E-state index in [2.05, 4.69) is 41.3 Å². The van der Waals surface area contributed by atoms with Gasteiger partial charge in [-0.05, 0) is 36.6 Å². The summed E-state index contributed by atoms with van der Waals surface area (Å²) in [5.41, 5.74) is 3.89. The number of nitrogens with zero attached hydrogens (tertiary/aromatic N) is 3. The van der Waals surface area contributed by atoms with E-state index in [1.165, 1.54) is 17.3 Å². The second-order valence-electron chi connectivity index (χ2n) is 4.02. The summed E-state index contributed by atoms with van der Waals surface area (Å²) in [5, 5.41) is 11.8. The van der Waals surface area contributed by atoms with Crippen molar-refractivity contribution in [2.24, 2.45) is 0 Å². The lowest BCUT2D eigenvalue weighted by Gasteiger charge is -2.08. The molecule has 0 bridgehead atoms. The fourth-order valence-corrected chi connectivity index (χ4v) is 1.77. The van der Waals surface area contributed by atoms with Gasteiger partial charge in [0.1, 0.15) is 11.9 Å². The van der Waals surface area contributed by atoms with Crippen molar-refractivity contribution >= 4 is 11.5 Å². The van der Waals surface area contributed by atoms with E-state index < -0.39 is 0 Å². The molecular formula is C14H14N4. The highest BCUT2D eigenvalue weighted by atomic mass is 15.0. The van der Waals surface area contributed by atoms with Crippen LogP contribution in [0.2, 0.25) is 0 Å². The van der Waals surface area contributed by atoms with Gasteiger partial charge in [-0.3, -0.25) is 0 Å². The topological polar surface area (TPSA) is 61.6 Å². The Morgan fingerprint density at radius 2 is 2.11 bits per heavy atom. The van der Waals surface area contributed by atoms with Crippen molar-refractivity contribution in [3.05, 3.63) is 47.4 Å². The second-order valence-corrected chi connectivity index (χ2v) is 4.02. The molecule has 4 heteroatoms. The molecule has 0 unspecified atom stereocenters. The van der Waals surface area contributed by atoms with Crippen molar-refractivity contribution < 1.29 is 0 Å². The van der Waals surface area contributed by atoms with Crippen LogP contribution in [0, 0.1) is 18.3 Å². The van der Waals surface area contributed by atoms with Crippen LogP contribution >= 0.6 is 0 Å². The molecule has 0 radical (unpaired) electrons. The molecule has 1 heterocycles. The van der Waals surface area contributed by atoms with E-state index in [0.29, 0.717) is 11.5 Å². The molecule has 1 N–H and O–H groups in total. The third-order valence-electron chi connectivity index (χ3n) is 2.76. The molecule has 90 valence electrons. The summed E-state index contributed by atoms with van der Waals surface area (Å²) in [5.74, 6) is 0.637. The van der Waals surface area contributed by atoms with Crippen LogP contribution in [0.3, 0.4) is 0 Å². The Kier molecular flexibility index (Phi) is 3.54. The van der Waals surface area contributed by atoms with Gasteiger partial charge >= 0.3 is 0 Å². The van der Waals surface area contributed by atoms with Gasteiger partial charge in [-0.1, -0.05) is 13.0 Å². The Bertz CT molecular complexity index is 582. The quantitative estimate of drug-likeness (QED) is 0.893. The third kappa shape index (κ3) is 2.64. The molecule has 0 aliphatic heterocycles. The maximum absolute atomic E-state index is 8.64. The van der Waals surface area contributed by atoms with Crippen LogP contribution in [0.5, 0.6) is 0 Å². The van der Waals surface area contributed by atoms with E-state index >= 15 is 0 Å². The molecule has 0 saturated heterocycles. The van der Waals surface area contributed by atoms with Crippen molar-refractivity contribution in [3.63, 3.8) is 0 Å². The Balaban J connectivity index is 2.18. The van der Waals surface area contributed by atoms with Crippen LogP contribution in [-0.2, 0) is 6.42 Å². The van der Waals surface area contributed by atoms with Crippen LogP contribution in [0.1, 0.15) is 23.7 Å². The molecule has 0 saturated carbocycles. The molecule has 0 spiro atoms. The van der Waals surface area contributed by atoms with Crippen molar-refractivity contribution in [3.8, 4) is 6.07 Å². The molecule has 0 fully saturated rings. The fourth-order valence-electron chi connectivity index (χ4n) is 1.77. The van der Waals surface area contributed by atoms with Crippen LogP contribution in [0.15, 0.2) is 30.6 Å². The zero-order chi connectivity index (χ0) is 13.0. The summed E-state index contributed by atoms with van der Waals surface area (Å²) in [6.45, 7) is 4.23. The van der Waals surface area contributed by atoms with Crippen molar-refractivity contribution in [1.29, 1.82) is 5.26 Å². The standard InChI is InChI=1S/C14H14N4/c1-3-11-4-5-12(6-10(11)2)18-14-9-16-13(7-15)8-17-14/h4-6,8-9H,3H2,1-2H3,(H,17,18). The number of hydrogen-bond donors (Lipinski definition) is 1. The Hall–Kier alpha value is -2.41. The first-order valence-electron chi connectivity index (χ1n) is 5.81. The molecule has 0 aliphatic carbocycles. The Labute approximate surface area is 106 Å². The first-order chi connectivity index (χ1) is 8.72. The minimum Gasteiger partial charge on any atom is -0.339 e. The number of benzene rings is 1. The molecule has 0 atom stereocenters. The van der Waals surface area contributed by atoms with Crippen molar-refractivity contribution in [1.82, 2.24) is 9.97 Å². The lowest BCUT2D eigenvalue weighted by molar-refractivity contribution is 1.11. The highest BCUT2D eigenvalue weighted by Crippen LogP contribution is 2.18. The number of nitrogens with one attached hydrogen (secondary N) is 1. The van der Waals surface area contributed by atoms with Gasteiger partial charge in [-0.15, -0.1) is 0 Å². The zero-order valence-electron chi connectivity index (χ0n) is 10.4. The van der Waals surface area contributed by atoms with Crippen LogP contribution in [0.4, 0.5) is 11.5 Å². The highest BCUT2D eigenvalue weighted by Gasteiger charge is 2.00. The Morgan fingerprint density at radius 3 is 2.67 bits per heavy atom. The molecule has 0 aliphatic rings. The van der Waals surface area contributed by atoms with Gasteiger partial charge in [0, 0.05) is 5.69 Å². The zero-order valence-corrected chi connectivity index (χ0v) is 10.4. The van der Waals surface area contributed by atoms with Gasteiger partial charge in [0.25, 0.3) is 0 Å². The molecule has 2 rings (SSSR count). The lowest BCUT2D eigenvalue weighted by Crippen LogP contribution is -1.97. The maximum Gasteiger partial charge on any atom is 0.158 e. The van der Waals surface area contributed by atoms with Crippen LogP contribution < -0.4 is 5.32 Å². The lowest BCUT2D eigenvalue weighted by atomic mass is 10.1. The SMILES string of the molecule is CCc1ccc(Nc2cnc(C#N)cn2)cc1C. The van der Waals surface area contributed by atoms with Crippen LogP contribution in [0.25, 0.3) is 0 Å². The number of anilines is 2. The van der Waals surface area contributed by atoms with Gasteiger partial charge in [-0.25, -0.2) is 9.97 Å². The number of aromatic nitrogens is 2. The predicted molar refractivity (Wildman–Crippen MR) is 70.6 cm³/mol. The van der Waals surface area contributed by atoms with Crippen molar-refractivity contribution in [2.45, 2.75) is 20.3 Å². The minimum absolute atomic E-state index is 0.318. The Morgan fingerprint density at radius 1 is 1.28 bits per heavy atom. The minimum atomic E-state index is 0.318. The number of hydrogen-bond acceptors (Lipinski definition) is 4. The molecule has 4 nitrogen and oxygen atoms in total.